The molecule has 0 atom stereocenters. The van der Waals surface area contributed by atoms with Gasteiger partial charge in [0.15, 0.2) is 0 Å². The van der Waals surface area contributed by atoms with E-state index in [9.17, 15) is 0 Å². The number of hydrogen-bond acceptors (Lipinski definition) is 3. The number of ether oxygens (including phenoxy) is 1. The number of carbonyl (C=O) groups is 1. The van der Waals surface area contributed by atoms with E-state index >= 15 is 0 Å². The van der Waals surface area contributed by atoms with Gasteiger partial charge in [0, 0.05) is 19.5 Å². The second kappa shape index (κ2) is 14.6. The van der Waals surface area contributed by atoms with Crippen LogP contribution in [0.5, 0.6) is 0 Å². The van der Waals surface area contributed by atoms with Crippen molar-refractivity contribution in [3.05, 3.63) is 0 Å². The van der Waals surface area contributed by atoms with E-state index in [1.807, 2.05) is 0 Å². The van der Waals surface area contributed by atoms with Crippen molar-refractivity contribution in [3.63, 3.8) is 0 Å². The number of nitrogens with two attached hydrogens (primary N) is 2. The molecule has 0 aromatic rings. The zero-order chi connectivity index (χ0) is 9.98. The first-order valence-corrected chi connectivity index (χ1v) is 4.26. The molecule has 4 N–H and O–H groups in total. The van der Waals surface area contributed by atoms with E-state index in [0.717, 1.165) is 12.8 Å². The van der Waals surface area contributed by atoms with Crippen LogP contribution in [0.15, 0.2) is 0 Å². The summed E-state index contributed by atoms with van der Waals surface area (Å²) in [7, 11) is 0. The fourth-order valence-electron chi connectivity index (χ4n) is 0.317. The molecule has 0 rings (SSSR count). The first-order valence-electron chi connectivity index (χ1n) is 3.41. The quantitative estimate of drug-likeness (QED) is 0.311. The molecule has 13 heavy (non-hydrogen) atoms. The van der Waals surface area contributed by atoms with Gasteiger partial charge in [-0.05, 0) is 18.6 Å². The van der Waals surface area contributed by atoms with E-state index in [1.165, 1.54) is 0 Å². The van der Waals surface area contributed by atoms with Gasteiger partial charge in [-0.1, -0.05) is 26.0 Å². The van der Waals surface area contributed by atoms with E-state index in [2.05, 4.69) is 37.5 Å². The molecule has 4 nitrogen and oxygen atoms in total. The molecule has 0 aliphatic carbocycles. The Morgan fingerprint density at radius 3 is 2.15 bits per heavy atom. The summed E-state index contributed by atoms with van der Waals surface area (Å²) < 4.78 is 4.79. The molecular weight excluding hydrogens is 262 g/mol. The third-order valence-electron chi connectivity index (χ3n) is 0.742. The van der Waals surface area contributed by atoms with Crippen molar-refractivity contribution in [2.75, 3.05) is 6.61 Å². The maximum atomic E-state index is 9.09. The monoisotopic (exact) mass is 274 g/mol. The summed E-state index contributed by atoms with van der Waals surface area (Å²) in [5.41, 5.74) is 9.38. The molecule has 0 aromatic heterocycles. The average Bonchev–Trinajstić information content (AvgIpc) is 1.86. The average molecular weight is 276 g/mol. The second-order valence-electron chi connectivity index (χ2n) is 1.86. The summed E-state index contributed by atoms with van der Waals surface area (Å²) in [5, 5.41) is -0.488. The smallest absolute Gasteiger partial charge is 0.273 e. The van der Waals surface area contributed by atoms with Crippen LogP contribution in [-0.2, 0) is 24.2 Å². The van der Waals surface area contributed by atoms with Gasteiger partial charge in [0.2, 0.25) is 0 Å². The molecule has 0 aliphatic rings. The van der Waals surface area contributed by atoms with Crippen molar-refractivity contribution in [2.45, 2.75) is 19.8 Å². The van der Waals surface area contributed by atoms with Crippen molar-refractivity contribution >= 4 is 35.3 Å². The molecule has 7 heteroatoms. The van der Waals surface area contributed by atoms with Crippen molar-refractivity contribution in [2.24, 2.45) is 11.5 Å². The van der Waals surface area contributed by atoms with Crippen LogP contribution in [0.2, 0.25) is 0 Å². The topological polar surface area (TPSA) is 78.3 Å². The van der Waals surface area contributed by atoms with Crippen LogP contribution in [0, 0.1) is 0 Å². The number of primary amides is 1. The van der Waals surface area contributed by atoms with Crippen molar-refractivity contribution in [3.8, 4) is 0 Å². The largest absolute Gasteiger partial charge is 0.471 e. The normalized spacial score (nSPS) is 7.23. The van der Waals surface area contributed by atoms with Crippen LogP contribution in [0.1, 0.15) is 19.8 Å². The summed E-state index contributed by atoms with van der Waals surface area (Å²) in [6, 6.07) is 0. The fraction of sp³-hybridized carbons (Fsp3) is 0.667. The number of amides is 1. The molecule has 0 radical (unpaired) electrons. The summed E-state index contributed by atoms with van der Waals surface area (Å²) in [4.78, 5) is 9.09. The Bertz CT molecular complexity index is 143. The predicted molar refractivity (Wildman–Crippen MR) is 56.2 cm³/mol. The van der Waals surface area contributed by atoms with Crippen molar-refractivity contribution in [1.29, 1.82) is 0 Å². The Morgan fingerprint density at radius 2 is 1.92 bits per heavy atom. The number of hydrogen-bond donors (Lipinski definition) is 3. The molecule has 74 valence electrons. The Labute approximate surface area is 102 Å². The predicted octanol–water partition coefficient (Wildman–Crippen LogP) is 1.04. The van der Waals surface area contributed by atoms with E-state index in [-0.39, 0.29) is 24.7 Å². The number of thiocarbonyl (C=S) groups is 1. The minimum Gasteiger partial charge on any atom is -0.471 e. The van der Waals surface area contributed by atoms with Gasteiger partial charge in [-0.3, -0.25) is 4.79 Å². The van der Waals surface area contributed by atoms with Crippen LogP contribution in [0.4, 0.5) is 4.79 Å². The zero-order valence-corrected chi connectivity index (χ0v) is 12.3. The SMILES string of the molecule is CCCCOC(N)=S.NC(=O)S.[Zn]. The Morgan fingerprint density at radius 1 is 1.54 bits per heavy atom. The van der Waals surface area contributed by atoms with Gasteiger partial charge < -0.3 is 16.2 Å². The maximum absolute atomic E-state index is 9.09. The van der Waals surface area contributed by atoms with Crippen molar-refractivity contribution < 1.29 is 29.0 Å². The Balaban J connectivity index is -0.000000173. The van der Waals surface area contributed by atoms with E-state index < -0.39 is 5.24 Å². The molecule has 0 unspecified atom stereocenters. The minimum atomic E-state index is -0.639. The van der Waals surface area contributed by atoms with Gasteiger partial charge in [0.05, 0.1) is 6.61 Å². The number of rotatable bonds is 3. The van der Waals surface area contributed by atoms with Crippen LogP contribution in [0.3, 0.4) is 0 Å². The first kappa shape index (κ1) is 18.8. The molecule has 0 fully saturated rings. The van der Waals surface area contributed by atoms with E-state index in [0.29, 0.717) is 6.61 Å². The Hall–Kier alpha value is 0.133. The van der Waals surface area contributed by atoms with Crippen LogP contribution in [0.25, 0.3) is 0 Å². The fourth-order valence-corrected chi connectivity index (χ4v) is 0.400. The molecule has 0 bridgehead atoms. The van der Waals surface area contributed by atoms with Crippen LogP contribution < -0.4 is 11.5 Å². The number of thiol groups is 1. The summed E-state index contributed by atoms with van der Waals surface area (Å²) >= 11 is 7.57. The summed E-state index contributed by atoms with van der Waals surface area (Å²) in [5.74, 6) is 0. The third kappa shape index (κ3) is 47.3. The van der Waals surface area contributed by atoms with Crippen LogP contribution in [-0.4, -0.2) is 17.0 Å². The van der Waals surface area contributed by atoms with E-state index in [1.54, 1.807) is 0 Å². The van der Waals surface area contributed by atoms with Gasteiger partial charge in [-0.15, -0.1) is 0 Å². The van der Waals surface area contributed by atoms with Gasteiger partial charge in [0.25, 0.3) is 10.4 Å². The summed E-state index contributed by atoms with van der Waals surface area (Å²) in [6.07, 6.45) is 2.14. The van der Waals surface area contributed by atoms with E-state index in [4.69, 9.17) is 15.3 Å². The Kier molecular flexibility index (Phi) is 21.2. The molecule has 0 aliphatic heterocycles. The second-order valence-corrected chi connectivity index (χ2v) is 2.70. The molecule has 0 saturated heterocycles. The molecule has 0 aromatic carbocycles. The molecule has 0 heterocycles. The first-order chi connectivity index (χ1) is 5.50. The van der Waals surface area contributed by atoms with Crippen molar-refractivity contribution in [1.82, 2.24) is 0 Å². The third-order valence-corrected chi connectivity index (χ3v) is 0.860. The maximum Gasteiger partial charge on any atom is 0.273 e. The summed E-state index contributed by atoms with van der Waals surface area (Å²) in [6.45, 7) is 2.74. The van der Waals surface area contributed by atoms with Gasteiger partial charge >= 0.3 is 0 Å². The van der Waals surface area contributed by atoms with Gasteiger partial charge in [0.1, 0.15) is 0 Å². The number of unbranched alkanes of at least 4 members (excludes halogenated alkanes) is 1. The molecule has 1 amide bonds. The zero-order valence-electron chi connectivity index (χ0n) is 7.66. The number of carbonyl (C=O) groups excluding carboxylic acids is 1. The van der Waals surface area contributed by atoms with Gasteiger partial charge in [-0.25, -0.2) is 0 Å². The minimum absolute atomic E-state index is 0. The molecule has 0 spiro atoms. The molecular formula is C6H14N2O2S2Zn. The standard InChI is InChI=1S/C5H11NOS.CH3NOS.Zn/c1-2-3-4-7-5(6)8;2-1(3)4;/h2-4H2,1H3,(H2,6,8);(H3,2,3,4);. The van der Waals surface area contributed by atoms with Gasteiger partial charge in [-0.2, -0.15) is 0 Å². The van der Waals surface area contributed by atoms with Crippen LogP contribution >= 0.6 is 24.8 Å². The molecule has 0 saturated carbocycles.